The predicted octanol–water partition coefficient (Wildman–Crippen LogP) is 3.81. The van der Waals surface area contributed by atoms with Crippen LogP contribution in [0, 0.1) is 11.8 Å². The van der Waals surface area contributed by atoms with Crippen LogP contribution in [0.25, 0.3) is 0 Å². The number of rotatable bonds is 5. The molecule has 0 nitrogen and oxygen atoms in total. The summed E-state index contributed by atoms with van der Waals surface area (Å²) in [4.78, 5) is 0. The Balaban J connectivity index is 3.58. The standard InChI is InChI=1S/C10H23B/c1-6-11(7-9(2)3)8-10(4)5/h9-10H,6-8H2,1-5H3. The first-order valence-electron chi connectivity index (χ1n) is 5.06. The van der Waals surface area contributed by atoms with Gasteiger partial charge in [-0.15, -0.1) is 0 Å². The van der Waals surface area contributed by atoms with Crippen LogP contribution >= 0.6 is 0 Å². The van der Waals surface area contributed by atoms with Crippen molar-refractivity contribution in [1.82, 2.24) is 0 Å². The van der Waals surface area contributed by atoms with Crippen LogP contribution in [0.15, 0.2) is 0 Å². The zero-order valence-electron chi connectivity index (χ0n) is 8.85. The predicted molar refractivity (Wildman–Crippen MR) is 55.5 cm³/mol. The van der Waals surface area contributed by atoms with Crippen molar-refractivity contribution in [2.45, 2.75) is 53.6 Å². The van der Waals surface area contributed by atoms with Crippen LogP contribution in [0.2, 0.25) is 19.0 Å². The minimum absolute atomic E-state index is 0.874. The van der Waals surface area contributed by atoms with E-state index < -0.39 is 0 Å². The van der Waals surface area contributed by atoms with Crippen molar-refractivity contribution in [3.05, 3.63) is 0 Å². The van der Waals surface area contributed by atoms with Crippen molar-refractivity contribution in [1.29, 1.82) is 0 Å². The molecule has 0 fully saturated rings. The van der Waals surface area contributed by atoms with Gasteiger partial charge in [0.2, 0.25) is 0 Å². The molecule has 0 N–H and O–H groups in total. The lowest BCUT2D eigenvalue weighted by atomic mass is 9.40. The summed E-state index contributed by atoms with van der Waals surface area (Å²) in [6.45, 7) is 12.6. The van der Waals surface area contributed by atoms with Crippen LogP contribution in [-0.2, 0) is 0 Å². The van der Waals surface area contributed by atoms with Gasteiger partial charge in [0.15, 0.2) is 0 Å². The van der Waals surface area contributed by atoms with E-state index in [1.54, 1.807) is 0 Å². The molecule has 0 heterocycles. The average Bonchev–Trinajstić information content (AvgIpc) is 1.84. The van der Waals surface area contributed by atoms with Crippen molar-refractivity contribution in [3.63, 3.8) is 0 Å². The minimum Gasteiger partial charge on any atom is -0.0770 e. The summed E-state index contributed by atoms with van der Waals surface area (Å²) in [5, 5.41) is 0. The molecule has 0 saturated carbocycles. The lowest BCUT2D eigenvalue weighted by molar-refractivity contribution is 0.688. The molecule has 0 unspecified atom stereocenters. The summed E-state index contributed by atoms with van der Waals surface area (Å²) >= 11 is 0. The van der Waals surface area contributed by atoms with Crippen molar-refractivity contribution in [2.24, 2.45) is 11.8 Å². The molecule has 1 heteroatoms. The largest absolute Gasteiger partial charge is 0.140 e. The first-order valence-corrected chi connectivity index (χ1v) is 5.06. The van der Waals surface area contributed by atoms with Crippen LogP contribution in [-0.4, -0.2) is 6.71 Å². The van der Waals surface area contributed by atoms with Crippen molar-refractivity contribution >= 4 is 6.71 Å². The smallest absolute Gasteiger partial charge is 0.0770 e. The second-order valence-electron chi connectivity index (χ2n) is 4.53. The Morgan fingerprint density at radius 1 is 0.909 bits per heavy atom. The second kappa shape index (κ2) is 5.68. The highest BCUT2D eigenvalue weighted by Gasteiger charge is 2.13. The Labute approximate surface area is 72.8 Å². The Morgan fingerprint density at radius 2 is 1.27 bits per heavy atom. The summed E-state index contributed by atoms with van der Waals surface area (Å²) < 4.78 is 0. The summed E-state index contributed by atoms with van der Waals surface area (Å²) in [6.07, 6.45) is 4.18. The number of hydrogen-bond acceptors (Lipinski definition) is 0. The molecule has 0 aliphatic heterocycles. The Hall–Kier alpha value is 0.0649. The van der Waals surface area contributed by atoms with Crippen LogP contribution in [0.1, 0.15) is 34.6 Å². The lowest BCUT2D eigenvalue weighted by Gasteiger charge is -2.15. The highest BCUT2D eigenvalue weighted by atomic mass is 14.0. The SMILES string of the molecule is CCB(CC(C)C)CC(C)C. The molecule has 0 aromatic rings. The van der Waals surface area contributed by atoms with Crippen molar-refractivity contribution in [2.75, 3.05) is 0 Å². The van der Waals surface area contributed by atoms with E-state index in [9.17, 15) is 0 Å². The molecule has 0 aliphatic rings. The fourth-order valence-corrected chi connectivity index (χ4v) is 1.76. The third-order valence-corrected chi connectivity index (χ3v) is 2.19. The van der Waals surface area contributed by atoms with Crippen molar-refractivity contribution < 1.29 is 0 Å². The van der Waals surface area contributed by atoms with Gasteiger partial charge in [0.1, 0.15) is 6.71 Å². The Morgan fingerprint density at radius 3 is 1.45 bits per heavy atom. The zero-order chi connectivity index (χ0) is 8.85. The molecule has 0 aromatic carbocycles. The van der Waals surface area contributed by atoms with E-state index in [1.165, 1.54) is 19.0 Å². The zero-order valence-corrected chi connectivity index (χ0v) is 8.85. The molecule has 0 atom stereocenters. The van der Waals surface area contributed by atoms with E-state index in [4.69, 9.17) is 0 Å². The second-order valence-corrected chi connectivity index (χ2v) is 4.53. The van der Waals surface area contributed by atoms with E-state index in [0.717, 1.165) is 18.5 Å². The molecule has 0 spiro atoms. The van der Waals surface area contributed by atoms with Gasteiger partial charge in [0, 0.05) is 0 Å². The van der Waals surface area contributed by atoms with Gasteiger partial charge in [0.25, 0.3) is 0 Å². The average molecular weight is 154 g/mol. The first kappa shape index (κ1) is 11.1. The Kier molecular flexibility index (Phi) is 5.72. The molecule has 66 valence electrons. The minimum atomic E-state index is 0.874. The van der Waals surface area contributed by atoms with Gasteiger partial charge in [-0.05, 0) is 0 Å². The molecular formula is C10H23B. The third-order valence-electron chi connectivity index (χ3n) is 2.19. The molecule has 0 saturated heterocycles. The molecular weight excluding hydrogens is 131 g/mol. The quantitative estimate of drug-likeness (QED) is 0.528. The first-order chi connectivity index (χ1) is 5.06. The van der Waals surface area contributed by atoms with E-state index in [0.29, 0.717) is 0 Å². The summed E-state index contributed by atoms with van der Waals surface area (Å²) in [5.74, 6) is 1.75. The molecule has 0 bridgehead atoms. The summed E-state index contributed by atoms with van der Waals surface area (Å²) in [5.41, 5.74) is 0. The van der Waals surface area contributed by atoms with Crippen LogP contribution in [0.5, 0.6) is 0 Å². The van der Waals surface area contributed by atoms with E-state index in [1.807, 2.05) is 0 Å². The normalized spacial score (nSPS) is 11.2. The van der Waals surface area contributed by atoms with Crippen LogP contribution in [0.4, 0.5) is 0 Å². The maximum absolute atomic E-state index is 2.32. The molecule has 0 aromatic heterocycles. The molecule has 11 heavy (non-hydrogen) atoms. The summed E-state index contributed by atoms with van der Waals surface area (Å²) in [6, 6.07) is 0. The molecule has 0 aliphatic carbocycles. The molecule has 0 amide bonds. The fraction of sp³-hybridized carbons (Fsp3) is 1.00. The monoisotopic (exact) mass is 154 g/mol. The van der Waals surface area contributed by atoms with E-state index in [-0.39, 0.29) is 0 Å². The van der Waals surface area contributed by atoms with Gasteiger partial charge in [-0.25, -0.2) is 0 Å². The van der Waals surface area contributed by atoms with Crippen LogP contribution < -0.4 is 0 Å². The molecule has 0 radical (unpaired) electrons. The lowest BCUT2D eigenvalue weighted by Crippen LogP contribution is -2.15. The van der Waals surface area contributed by atoms with Gasteiger partial charge in [-0.2, -0.15) is 0 Å². The Bertz CT molecular complexity index is 76.9. The van der Waals surface area contributed by atoms with Crippen molar-refractivity contribution in [3.8, 4) is 0 Å². The van der Waals surface area contributed by atoms with Gasteiger partial charge >= 0.3 is 0 Å². The fourth-order valence-electron chi connectivity index (χ4n) is 1.76. The van der Waals surface area contributed by atoms with Crippen LogP contribution in [0.3, 0.4) is 0 Å². The molecule has 0 rings (SSSR count). The third kappa shape index (κ3) is 6.46. The summed E-state index contributed by atoms with van der Waals surface area (Å²) in [7, 11) is 0. The maximum Gasteiger partial charge on any atom is 0.140 e. The topological polar surface area (TPSA) is 0 Å². The highest BCUT2D eigenvalue weighted by Crippen LogP contribution is 2.16. The highest BCUT2D eigenvalue weighted by molar-refractivity contribution is 6.58. The van der Waals surface area contributed by atoms with E-state index >= 15 is 0 Å². The van der Waals surface area contributed by atoms with Gasteiger partial charge in [-0.3, -0.25) is 0 Å². The van der Waals surface area contributed by atoms with E-state index in [2.05, 4.69) is 34.6 Å². The van der Waals surface area contributed by atoms with Gasteiger partial charge in [0.05, 0.1) is 0 Å². The van der Waals surface area contributed by atoms with Gasteiger partial charge < -0.3 is 0 Å². The van der Waals surface area contributed by atoms with Gasteiger partial charge in [-0.1, -0.05) is 65.4 Å². The number of hydrogen-bond donors (Lipinski definition) is 0. The maximum atomic E-state index is 2.32.